The first kappa shape index (κ1) is 26.3. The fraction of sp³-hybridized carbons (Fsp3) is 0.452. The summed E-state index contributed by atoms with van der Waals surface area (Å²) in [4.78, 5) is 15.2. The van der Waals surface area contributed by atoms with E-state index in [2.05, 4.69) is 22.3 Å². The summed E-state index contributed by atoms with van der Waals surface area (Å²) >= 11 is 0. The Balaban J connectivity index is 1.17. The van der Waals surface area contributed by atoms with E-state index in [1.165, 1.54) is 0 Å². The number of ether oxygens (including phenoxy) is 4. The van der Waals surface area contributed by atoms with Gasteiger partial charge in [0.15, 0.2) is 0 Å². The molecule has 0 aromatic heterocycles. The molecule has 1 N–H and O–H groups in total. The minimum Gasteiger partial charge on any atom is -0.492 e. The molecule has 1 aliphatic heterocycles. The van der Waals surface area contributed by atoms with Crippen molar-refractivity contribution in [2.75, 3.05) is 44.8 Å². The Labute approximate surface area is 225 Å². The smallest absolute Gasteiger partial charge is 0.332 e. The molecule has 0 amide bonds. The Bertz CT molecular complexity index is 1240. The summed E-state index contributed by atoms with van der Waals surface area (Å²) < 4.78 is 23.7. The molecule has 0 spiro atoms. The van der Waals surface area contributed by atoms with E-state index < -0.39 is 11.1 Å². The molecule has 3 aromatic rings. The Morgan fingerprint density at radius 2 is 1.74 bits per heavy atom. The summed E-state index contributed by atoms with van der Waals surface area (Å²) in [6, 6.07) is 22.0. The third-order valence-electron chi connectivity index (χ3n) is 6.86. The van der Waals surface area contributed by atoms with Crippen LogP contribution in [0.5, 0.6) is 11.5 Å². The van der Waals surface area contributed by atoms with Gasteiger partial charge in [-0.15, -0.1) is 0 Å². The first-order valence-electron chi connectivity index (χ1n) is 13.5. The zero-order valence-electron chi connectivity index (χ0n) is 22.6. The van der Waals surface area contributed by atoms with Crippen LogP contribution in [0, 0.1) is 0 Å². The minimum absolute atomic E-state index is 0.0369. The lowest BCUT2D eigenvalue weighted by molar-refractivity contribution is -0.156. The first-order chi connectivity index (χ1) is 18.3. The molecule has 38 heavy (non-hydrogen) atoms. The van der Waals surface area contributed by atoms with Crippen molar-refractivity contribution in [3.63, 3.8) is 0 Å². The van der Waals surface area contributed by atoms with Gasteiger partial charge in [-0.05, 0) is 57.9 Å². The van der Waals surface area contributed by atoms with E-state index in [-0.39, 0.29) is 12.1 Å². The minimum atomic E-state index is -0.643. The molecule has 202 valence electrons. The van der Waals surface area contributed by atoms with E-state index in [4.69, 9.17) is 18.9 Å². The van der Waals surface area contributed by atoms with Crippen LogP contribution in [0.2, 0.25) is 0 Å². The lowest BCUT2D eigenvalue weighted by atomic mass is 10.1. The molecule has 2 fully saturated rings. The summed E-state index contributed by atoms with van der Waals surface area (Å²) in [6.45, 7) is 9.99. The number of nitrogens with one attached hydrogen (secondary N) is 1. The highest BCUT2D eigenvalue weighted by Crippen LogP contribution is 2.43. The average Bonchev–Trinajstić information content (AvgIpc) is 3.69. The van der Waals surface area contributed by atoms with Crippen molar-refractivity contribution < 1.29 is 23.7 Å². The van der Waals surface area contributed by atoms with Gasteiger partial charge in [0, 0.05) is 36.1 Å². The van der Waals surface area contributed by atoms with Crippen molar-refractivity contribution >= 4 is 22.4 Å². The lowest BCUT2D eigenvalue weighted by Crippen LogP contribution is -2.46. The second kappa shape index (κ2) is 11.2. The molecule has 1 unspecified atom stereocenters. The van der Waals surface area contributed by atoms with Crippen molar-refractivity contribution in [1.29, 1.82) is 0 Å². The number of anilines is 1. The van der Waals surface area contributed by atoms with Gasteiger partial charge in [0.1, 0.15) is 42.0 Å². The van der Waals surface area contributed by atoms with Gasteiger partial charge in [-0.1, -0.05) is 42.5 Å². The van der Waals surface area contributed by atoms with Gasteiger partial charge in [-0.25, -0.2) is 4.79 Å². The predicted molar refractivity (Wildman–Crippen MR) is 149 cm³/mol. The Kier molecular flexibility index (Phi) is 7.77. The van der Waals surface area contributed by atoms with Gasteiger partial charge in [0.05, 0.1) is 6.61 Å². The molecular weight excluding hydrogens is 480 g/mol. The number of rotatable bonds is 10. The van der Waals surface area contributed by atoms with Gasteiger partial charge >= 0.3 is 5.97 Å². The van der Waals surface area contributed by atoms with E-state index in [0.717, 1.165) is 60.4 Å². The van der Waals surface area contributed by atoms with Crippen molar-refractivity contribution in [3.8, 4) is 11.5 Å². The highest BCUT2D eigenvalue weighted by atomic mass is 16.6. The molecule has 1 heterocycles. The average molecular weight is 519 g/mol. The molecule has 1 saturated carbocycles. The molecule has 0 radical (unpaired) electrons. The van der Waals surface area contributed by atoms with Crippen molar-refractivity contribution in [1.82, 2.24) is 4.90 Å². The molecular formula is C31H38N2O5. The fourth-order valence-corrected chi connectivity index (χ4v) is 4.72. The molecule has 1 saturated heterocycles. The van der Waals surface area contributed by atoms with Crippen LogP contribution in [0.3, 0.4) is 0 Å². The Morgan fingerprint density at radius 1 is 1.00 bits per heavy atom. The monoisotopic (exact) mass is 518 g/mol. The molecule has 2 aliphatic rings. The molecule has 0 bridgehead atoms. The van der Waals surface area contributed by atoms with E-state index in [0.29, 0.717) is 19.8 Å². The van der Waals surface area contributed by atoms with Gasteiger partial charge < -0.3 is 24.3 Å². The van der Waals surface area contributed by atoms with Crippen LogP contribution in [0.25, 0.3) is 10.8 Å². The SMILES string of the molecule is CC(C)(C)OC(=O)C1(Nc2ccc(OCCN3CCOC(COc4ccccc4)C3)c3ccccc23)CC1. The van der Waals surface area contributed by atoms with Gasteiger partial charge in [0.25, 0.3) is 0 Å². The number of hydrogen-bond donors (Lipinski definition) is 1. The number of para-hydroxylation sites is 1. The van der Waals surface area contributed by atoms with Crippen LogP contribution >= 0.6 is 0 Å². The van der Waals surface area contributed by atoms with Crippen LogP contribution in [0.15, 0.2) is 66.7 Å². The van der Waals surface area contributed by atoms with Crippen molar-refractivity contribution in [3.05, 3.63) is 66.7 Å². The standard InChI is InChI=1S/C31H38N2O5/c1-30(2,3)38-29(34)31(15-16-31)32-27-13-14-28(26-12-8-7-11-25(26)27)36-20-18-33-17-19-35-24(21-33)22-37-23-9-5-4-6-10-23/h4-14,24,32H,15-22H2,1-3H3. The molecule has 1 atom stereocenters. The van der Waals surface area contributed by atoms with Crippen molar-refractivity contribution in [2.45, 2.75) is 50.9 Å². The van der Waals surface area contributed by atoms with Crippen molar-refractivity contribution in [2.24, 2.45) is 0 Å². The third-order valence-corrected chi connectivity index (χ3v) is 6.86. The number of benzene rings is 3. The van der Waals surface area contributed by atoms with E-state index >= 15 is 0 Å². The van der Waals surface area contributed by atoms with E-state index in [1.54, 1.807) is 0 Å². The number of carbonyl (C=O) groups excluding carboxylic acids is 1. The van der Waals surface area contributed by atoms with Crippen LogP contribution < -0.4 is 14.8 Å². The summed E-state index contributed by atoms with van der Waals surface area (Å²) in [5, 5.41) is 5.55. The second-order valence-electron chi connectivity index (χ2n) is 11.1. The van der Waals surface area contributed by atoms with Crippen LogP contribution in [-0.4, -0.2) is 67.6 Å². The fourth-order valence-electron chi connectivity index (χ4n) is 4.72. The number of esters is 1. The summed E-state index contributed by atoms with van der Waals surface area (Å²) in [5.41, 5.74) is -0.232. The number of carbonyl (C=O) groups is 1. The normalized spacial score (nSPS) is 19.1. The molecule has 3 aromatic carbocycles. The van der Waals surface area contributed by atoms with Crippen LogP contribution in [0.1, 0.15) is 33.6 Å². The first-order valence-corrected chi connectivity index (χ1v) is 13.5. The third kappa shape index (κ3) is 6.58. The quantitative estimate of drug-likeness (QED) is 0.366. The molecule has 7 heteroatoms. The van der Waals surface area contributed by atoms with Gasteiger partial charge in [0.2, 0.25) is 0 Å². The van der Waals surface area contributed by atoms with E-state index in [9.17, 15) is 4.79 Å². The summed E-state index contributed by atoms with van der Waals surface area (Å²) in [6.07, 6.45) is 1.58. The topological polar surface area (TPSA) is 69.3 Å². The highest BCUT2D eigenvalue weighted by Gasteiger charge is 2.52. The summed E-state index contributed by atoms with van der Waals surface area (Å²) in [5.74, 6) is 1.51. The molecule has 1 aliphatic carbocycles. The Hall–Kier alpha value is -3.29. The second-order valence-corrected chi connectivity index (χ2v) is 11.1. The van der Waals surface area contributed by atoms with Gasteiger partial charge in [-0.2, -0.15) is 0 Å². The number of fused-ring (bicyclic) bond motifs is 1. The maximum Gasteiger partial charge on any atom is 0.332 e. The van der Waals surface area contributed by atoms with E-state index in [1.807, 2.05) is 75.4 Å². The Morgan fingerprint density at radius 3 is 2.47 bits per heavy atom. The van der Waals surface area contributed by atoms with Gasteiger partial charge in [-0.3, -0.25) is 4.90 Å². The maximum atomic E-state index is 12.8. The predicted octanol–water partition coefficient (Wildman–Crippen LogP) is 5.28. The maximum absolute atomic E-state index is 12.8. The number of morpholine rings is 1. The zero-order valence-corrected chi connectivity index (χ0v) is 22.6. The zero-order chi connectivity index (χ0) is 26.6. The molecule has 7 nitrogen and oxygen atoms in total. The highest BCUT2D eigenvalue weighted by molar-refractivity contribution is 6.00. The largest absolute Gasteiger partial charge is 0.492 e. The molecule has 5 rings (SSSR count). The number of nitrogens with zero attached hydrogens (tertiary/aromatic N) is 1. The summed E-state index contributed by atoms with van der Waals surface area (Å²) in [7, 11) is 0. The number of hydrogen-bond acceptors (Lipinski definition) is 7. The van der Waals surface area contributed by atoms with Crippen LogP contribution in [0.4, 0.5) is 5.69 Å². The van der Waals surface area contributed by atoms with Crippen LogP contribution in [-0.2, 0) is 14.3 Å². The lowest BCUT2D eigenvalue weighted by Gasteiger charge is -2.32.